The lowest BCUT2D eigenvalue weighted by molar-refractivity contribution is 0.589. The lowest BCUT2D eigenvalue weighted by Gasteiger charge is -2.03. The molecule has 0 aliphatic heterocycles. The van der Waals surface area contributed by atoms with Gasteiger partial charge in [0.15, 0.2) is 0 Å². The van der Waals surface area contributed by atoms with Gasteiger partial charge in [-0.3, -0.25) is 4.39 Å². The molecule has 0 heterocycles. The molecule has 0 nitrogen and oxygen atoms in total. The van der Waals surface area contributed by atoms with Crippen molar-refractivity contribution in [2.24, 2.45) is 0 Å². The summed E-state index contributed by atoms with van der Waals surface area (Å²) in [6.07, 6.45) is 0. The molecule has 0 atom stereocenters. The molecule has 3 heteroatoms. The van der Waals surface area contributed by atoms with Gasteiger partial charge in [-0.15, -0.1) is 0 Å². The van der Waals surface area contributed by atoms with Gasteiger partial charge >= 0.3 is 0 Å². The van der Waals surface area contributed by atoms with Crippen LogP contribution in [0.2, 0.25) is 0 Å². The van der Waals surface area contributed by atoms with E-state index in [9.17, 15) is 13.2 Å². The molecule has 0 aliphatic rings. The highest BCUT2D eigenvalue weighted by atomic mass is 19.1. The van der Waals surface area contributed by atoms with E-state index in [0.29, 0.717) is 12.7 Å². The monoisotopic (exact) mass is 224 g/mol. The quantitative estimate of drug-likeness (QED) is 0.680. The van der Waals surface area contributed by atoms with Gasteiger partial charge in [0.25, 0.3) is 0 Å². The zero-order valence-electron chi connectivity index (χ0n) is 8.75. The van der Waals surface area contributed by atoms with E-state index < -0.39 is 11.6 Å². The summed E-state index contributed by atoms with van der Waals surface area (Å²) in [5, 5.41) is 0. The number of benzene rings is 2. The molecule has 2 aromatic rings. The zero-order valence-corrected chi connectivity index (χ0v) is 8.75. The van der Waals surface area contributed by atoms with Crippen LogP contribution in [-0.2, 0) is 0 Å². The lowest BCUT2D eigenvalue weighted by Crippen LogP contribution is -1.88. The fourth-order valence-corrected chi connectivity index (χ4v) is 1.38. The minimum absolute atomic E-state index is 0.0353. The van der Waals surface area contributed by atoms with Crippen molar-refractivity contribution >= 4 is 0 Å². The predicted molar refractivity (Wildman–Crippen MR) is 58.8 cm³/mol. The Morgan fingerprint density at radius 3 is 1.69 bits per heavy atom. The van der Waals surface area contributed by atoms with E-state index in [1.54, 1.807) is 24.3 Å². The third-order valence-electron chi connectivity index (χ3n) is 2.03. The molecule has 0 bridgehead atoms. The van der Waals surface area contributed by atoms with Crippen molar-refractivity contribution in [1.82, 2.24) is 0 Å². The fourth-order valence-electron chi connectivity index (χ4n) is 1.38. The highest BCUT2D eigenvalue weighted by Crippen LogP contribution is 2.25. The fraction of sp³-hybridized carbons (Fsp3) is 0.0769. The molecule has 0 amide bonds. The van der Waals surface area contributed by atoms with E-state index in [2.05, 4.69) is 0 Å². The standard InChI is InChI=1S/C12H8F2.CH3F/c13-10-7-4-8-11(14)12(10)9-5-2-1-3-6-9;1-2/h1-8H;1H3. The van der Waals surface area contributed by atoms with Crippen molar-refractivity contribution in [2.45, 2.75) is 0 Å². The molecule has 0 N–H and O–H groups in total. The normalized spacial score (nSPS) is 9.25. The number of hydrogen-bond donors (Lipinski definition) is 0. The highest BCUT2D eigenvalue weighted by Gasteiger charge is 2.09. The van der Waals surface area contributed by atoms with Crippen molar-refractivity contribution in [3.63, 3.8) is 0 Å². The summed E-state index contributed by atoms with van der Waals surface area (Å²) in [6.45, 7) is 0. The Bertz CT molecular complexity index is 418. The van der Waals surface area contributed by atoms with Crippen molar-refractivity contribution in [3.05, 3.63) is 60.2 Å². The summed E-state index contributed by atoms with van der Waals surface area (Å²) in [4.78, 5) is 0. The molecule has 0 aromatic heterocycles. The largest absolute Gasteiger partial charge is 0.255 e. The van der Waals surface area contributed by atoms with Crippen molar-refractivity contribution in [1.29, 1.82) is 0 Å². The first-order valence-electron chi connectivity index (χ1n) is 4.66. The topological polar surface area (TPSA) is 0 Å². The smallest absolute Gasteiger partial charge is 0.133 e. The molecule has 0 unspecified atom stereocenters. The van der Waals surface area contributed by atoms with Crippen LogP contribution < -0.4 is 0 Å². The Balaban J connectivity index is 0.000000606. The van der Waals surface area contributed by atoms with Gasteiger partial charge in [0.1, 0.15) is 11.6 Å². The molecule has 2 aromatic carbocycles. The number of alkyl halides is 1. The van der Waals surface area contributed by atoms with Crippen molar-refractivity contribution in [3.8, 4) is 11.1 Å². The first kappa shape index (κ1) is 12.3. The summed E-state index contributed by atoms with van der Waals surface area (Å²) in [5.41, 5.74) is 0.594. The molecular weight excluding hydrogens is 213 g/mol. The second-order valence-corrected chi connectivity index (χ2v) is 2.96. The number of halogens is 3. The van der Waals surface area contributed by atoms with Gasteiger partial charge in [0.05, 0.1) is 12.7 Å². The maximum absolute atomic E-state index is 13.3. The highest BCUT2D eigenvalue weighted by molar-refractivity contribution is 5.64. The van der Waals surface area contributed by atoms with Crippen LogP contribution >= 0.6 is 0 Å². The number of hydrogen-bond acceptors (Lipinski definition) is 0. The maximum atomic E-state index is 13.3. The molecule has 0 saturated carbocycles. The van der Waals surface area contributed by atoms with Crippen LogP contribution in [0.5, 0.6) is 0 Å². The van der Waals surface area contributed by atoms with E-state index in [-0.39, 0.29) is 5.56 Å². The maximum Gasteiger partial charge on any atom is 0.133 e. The van der Waals surface area contributed by atoms with Crippen LogP contribution in [-0.4, -0.2) is 7.18 Å². The summed E-state index contributed by atoms with van der Waals surface area (Å²) in [7, 11) is 0.500. The SMILES string of the molecule is CF.Fc1cccc(F)c1-c1ccccc1. The Morgan fingerprint density at radius 2 is 1.19 bits per heavy atom. The van der Waals surface area contributed by atoms with Crippen LogP contribution in [0.1, 0.15) is 0 Å². The summed E-state index contributed by atoms with van der Waals surface area (Å²) in [6, 6.07) is 12.5. The van der Waals surface area contributed by atoms with Gasteiger partial charge in [-0.05, 0) is 17.7 Å². The minimum atomic E-state index is -0.531. The van der Waals surface area contributed by atoms with Gasteiger partial charge in [0.2, 0.25) is 0 Å². The average molecular weight is 224 g/mol. The second kappa shape index (κ2) is 5.95. The van der Waals surface area contributed by atoms with Crippen LogP contribution in [0.3, 0.4) is 0 Å². The van der Waals surface area contributed by atoms with Crippen molar-refractivity contribution in [2.75, 3.05) is 7.18 Å². The third-order valence-corrected chi connectivity index (χ3v) is 2.03. The van der Waals surface area contributed by atoms with Gasteiger partial charge in [-0.2, -0.15) is 0 Å². The number of rotatable bonds is 1. The molecule has 16 heavy (non-hydrogen) atoms. The second-order valence-electron chi connectivity index (χ2n) is 2.96. The van der Waals surface area contributed by atoms with E-state index in [1.807, 2.05) is 6.07 Å². The molecule has 0 radical (unpaired) electrons. The van der Waals surface area contributed by atoms with Crippen LogP contribution in [0, 0.1) is 11.6 Å². The summed E-state index contributed by atoms with van der Waals surface area (Å²) < 4.78 is 36.1. The molecule has 84 valence electrons. The Kier molecular flexibility index (Phi) is 4.58. The molecule has 0 spiro atoms. The van der Waals surface area contributed by atoms with Crippen molar-refractivity contribution < 1.29 is 13.2 Å². The van der Waals surface area contributed by atoms with Crippen LogP contribution in [0.15, 0.2) is 48.5 Å². The Hall–Kier alpha value is -1.77. The molecular formula is C13H11F3. The summed E-state index contributed by atoms with van der Waals surface area (Å²) >= 11 is 0. The van der Waals surface area contributed by atoms with E-state index in [0.717, 1.165) is 0 Å². The van der Waals surface area contributed by atoms with E-state index in [1.165, 1.54) is 18.2 Å². The van der Waals surface area contributed by atoms with Gasteiger partial charge < -0.3 is 0 Å². The van der Waals surface area contributed by atoms with E-state index >= 15 is 0 Å². The predicted octanol–water partition coefficient (Wildman–Crippen LogP) is 4.22. The average Bonchev–Trinajstić information content (AvgIpc) is 2.33. The van der Waals surface area contributed by atoms with Crippen LogP contribution in [0.25, 0.3) is 11.1 Å². The molecule has 0 fully saturated rings. The Labute approximate surface area is 92.4 Å². The van der Waals surface area contributed by atoms with Gasteiger partial charge in [0, 0.05) is 0 Å². The minimum Gasteiger partial charge on any atom is -0.255 e. The van der Waals surface area contributed by atoms with Crippen LogP contribution in [0.4, 0.5) is 13.2 Å². The molecule has 0 saturated heterocycles. The first-order chi connectivity index (χ1) is 7.79. The lowest BCUT2D eigenvalue weighted by atomic mass is 10.0. The first-order valence-corrected chi connectivity index (χ1v) is 4.66. The van der Waals surface area contributed by atoms with Gasteiger partial charge in [-0.1, -0.05) is 36.4 Å². The molecule has 2 rings (SSSR count). The third kappa shape index (κ3) is 2.63. The zero-order chi connectivity index (χ0) is 12.0. The van der Waals surface area contributed by atoms with E-state index in [4.69, 9.17) is 0 Å². The molecule has 0 aliphatic carbocycles. The van der Waals surface area contributed by atoms with Gasteiger partial charge in [-0.25, -0.2) is 8.78 Å². The Morgan fingerprint density at radius 1 is 0.688 bits per heavy atom. The summed E-state index contributed by atoms with van der Waals surface area (Å²) in [5.74, 6) is -1.06.